The predicted molar refractivity (Wildman–Crippen MR) is 85.2 cm³/mol. The van der Waals surface area contributed by atoms with Gasteiger partial charge >= 0.3 is 0 Å². The van der Waals surface area contributed by atoms with Gasteiger partial charge in [-0.3, -0.25) is 0 Å². The quantitative estimate of drug-likeness (QED) is 0.884. The first-order valence-corrected chi connectivity index (χ1v) is 9.16. The van der Waals surface area contributed by atoms with Crippen LogP contribution in [0.5, 0.6) is 0 Å². The Balaban J connectivity index is 2.00. The summed E-state index contributed by atoms with van der Waals surface area (Å²) < 4.78 is 23.4. The Labute approximate surface area is 124 Å². The van der Waals surface area contributed by atoms with Gasteiger partial charge in [0.25, 0.3) is 0 Å². The lowest BCUT2D eigenvalue weighted by Crippen LogP contribution is -2.04. The van der Waals surface area contributed by atoms with Crippen LogP contribution >= 0.6 is 11.3 Å². The van der Waals surface area contributed by atoms with Crippen LogP contribution in [-0.2, 0) is 22.8 Å². The summed E-state index contributed by atoms with van der Waals surface area (Å²) in [6, 6.07) is 11.2. The molecule has 0 saturated carbocycles. The van der Waals surface area contributed by atoms with Crippen LogP contribution in [0, 0.1) is 0 Å². The molecule has 0 saturated heterocycles. The van der Waals surface area contributed by atoms with Crippen LogP contribution in [-0.4, -0.2) is 14.2 Å². The molecule has 0 bridgehead atoms. The van der Waals surface area contributed by atoms with Crippen LogP contribution in [0.25, 0.3) is 0 Å². The number of rotatable bonds is 6. The van der Waals surface area contributed by atoms with Gasteiger partial charge in [0.1, 0.15) is 0 Å². The standard InChI is InChI=1S/C15H19NO2S2/c1-3-13-7-8-14(19-13)11-16-12-5-9-15(10-6-12)20(17,18)4-2/h5-10,16H,3-4,11H2,1-2H3. The van der Waals surface area contributed by atoms with Gasteiger partial charge < -0.3 is 5.32 Å². The second kappa shape index (κ2) is 6.41. The largest absolute Gasteiger partial charge is 0.380 e. The molecule has 0 aliphatic carbocycles. The third kappa shape index (κ3) is 3.61. The maximum absolute atomic E-state index is 11.7. The molecule has 1 N–H and O–H groups in total. The van der Waals surface area contributed by atoms with Crippen molar-refractivity contribution >= 4 is 26.9 Å². The molecule has 1 heterocycles. The van der Waals surface area contributed by atoms with Crippen LogP contribution in [0.3, 0.4) is 0 Å². The van der Waals surface area contributed by atoms with E-state index in [0.717, 1.165) is 18.7 Å². The Bertz CT molecular complexity index is 657. The first-order valence-electron chi connectivity index (χ1n) is 6.69. The minimum Gasteiger partial charge on any atom is -0.380 e. The van der Waals surface area contributed by atoms with Crippen molar-refractivity contribution in [3.05, 3.63) is 46.2 Å². The van der Waals surface area contributed by atoms with E-state index in [-0.39, 0.29) is 5.75 Å². The molecule has 5 heteroatoms. The molecule has 0 aliphatic heterocycles. The van der Waals surface area contributed by atoms with Crippen LogP contribution in [0.4, 0.5) is 5.69 Å². The second-order valence-corrected chi connectivity index (χ2v) is 8.03. The van der Waals surface area contributed by atoms with E-state index in [1.54, 1.807) is 30.4 Å². The molecule has 2 aromatic rings. The number of anilines is 1. The van der Waals surface area contributed by atoms with Crippen molar-refractivity contribution in [1.29, 1.82) is 0 Å². The third-order valence-electron chi connectivity index (χ3n) is 3.13. The molecule has 1 aromatic carbocycles. The fourth-order valence-corrected chi connectivity index (χ4v) is 3.63. The molecule has 3 nitrogen and oxygen atoms in total. The summed E-state index contributed by atoms with van der Waals surface area (Å²) >= 11 is 1.80. The number of hydrogen-bond acceptors (Lipinski definition) is 4. The first-order chi connectivity index (χ1) is 9.55. The summed E-state index contributed by atoms with van der Waals surface area (Å²) in [7, 11) is -3.11. The summed E-state index contributed by atoms with van der Waals surface area (Å²) in [5.74, 6) is 0.134. The van der Waals surface area contributed by atoms with Crippen LogP contribution in [0.2, 0.25) is 0 Å². The lowest BCUT2D eigenvalue weighted by Gasteiger charge is -2.06. The monoisotopic (exact) mass is 309 g/mol. The molecular formula is C15H19NO2S2. The van der Waals surface area contributed by atoms with Crippen molar-refractivity contribution < 1.29 is 8.42 Å². The Morgan fingerprint density at radius 2 is 1.65 bits per heavy atom. The van der Waals surface area contributed by atoms with Gasteiger partial charge in [-0.05, 0) is 42.8 Å². The molecule has 0 amide bonds. The van der Waals surface area contributed by atoms with Crippen LogP contribution < -0.4 is 5.32 Å². The van der Waals surface area contributed by atoms with E-state index in [4.69, 9.17) is 0 Å². The third-order valence-corrected chi connectivity index (χ3v) is 6.11. The van der Waals surface area contributed by atoms with Crippen molar-refractivity contribution in [2.24, 2.45) is 0 Å². The smallest absolute Gasteiger partial charge is 0.178 e. The number of benzene rings is 1. The maximum Gasteiger partial charge on any atom is 0.178 e. The zero-order valence-electron chi connectivity index (χ0n) is 11.7. The summed E-state index contributed by atoms with van der Waals surface area (Å²) in [4.78, 5) is 3.05. The van der Waals surface area contributed by atoms with Crippen molar-refractivity contribution in [3.8, 4) is 0 Å². The highest BCUT2D eigenvalue weighted by atomic mass is 32.2. The normalized spacial score (nSPS) is 11.5. The Morgan fingerprint density at radius 3 is 2.20 bits per heavy atom. The van der Waals surface area contributed by atoms with Crippen LogP contribution in [0.1, 0.15) is 23.6 Å². The predicted octanol–water partition coefficient (Wildman–Crippen LogP) is 3.72. The van der Waals surface area contributed by atoms with E-state index in [1.807, 2.05) is 12.1 Å². The highest BCUT2D eigenvalue weighted by Crippen LogP contribution is 2.20. The zero-order chi connectivity index (χ0) is 14.6. The van der Waals surface area contributed by atoms with Gasteiger partial charge in [-0.1, -0.05) is 13.8 Å². The van der Waals surface area contributed by atoms with E-state index in [9.17, 15) is 8.42 Å². The SMILES string of the molecule is CCc1ccc(CNc2ccc(S(=O)(=O)CC)cc2)s1. The number of nitrogens with one attached hydrogen (secondary N) is 1. The average molecular weight is 309 g/mol. The van der Waals surface area contributed by atoms with Gasteiger partial charge in [-0.2, -0.15) is 0 Å². The first kappa shape index (κ1) is 15.1. The van der Waals surface area contributed by atoms with Gasteiger partial charge in [-0.15, -0.1) is 11.3 Å². The molecule has 20 heavy (non-hydrogen) atoms. The summed E-state index contributed by atoms with van der Waals surface area (Å²) in [5.41, 5.74) is 0.937. The highest BCUT2D eigenvalue weighted by molar-refractivity contribution is 7.91. The van der Waals surface area contributed by atoms with Gasteiger partial charge in [0.05, 0.1) is 10.6 Å². The lowest BCUT2D eigenvalue weighted by atomic mass is 10.3. The van der Waals surface area contributed by atoms with E-state index >= 15 is 0 Å². The van der Waals surface area contributed by atoms with Crippen molar-refractivity contribution in [1.82, 2.24) is 0 Å². The second-order valence-electron chi connectivity index (χ2n) is 4.50. The fourth-order valence-electron chi connectivity index (χ4n) is 1.84. The molecule has 0 aliphatic rings. The van der Waals surface area contributed by atoms with Gasteiger partial charge in [0.2, 0.25) is 0 Å². The molecule has 0 unspecified atom stereocenters. The minimum absolute atomic E-state index is 0.134. The number of sulfone groups is 1. The Morgan fingerprint density at radius 1 is 1.00 bits per heavy atom. The van der Waals surface area contributed by atoms with E-state index in [2.05, 4.69) is 24.4 Å². The average Bonchev–Trinajstić information content (AvgIpc) is 2.93. The maximum atomic E-state index is 11.7. The molecule has 0 radical (unpaired) electrons. The molecule has 108 valence electrons. The van der Waals surface area contributed by atoms with Gasteiger partial charge in [-0.25, -0.2) is 8.42 Å². The van der Waals surface area contributed by atoms with Crippen molar-refractivity contribution in [2.75, 3.05) is 11.1 Å². The van der Waals surface area contributed by atoms with E-state index in [1.165, 1.54) is 9.75 Å². The zero-order valence-corrected chi connectivity index (χ0v) is 13.4. The fraction of sp³-hybridized carbons (Fsp3) is 0.333. The van der Waals surface area contributed by atoms with Crippen molar-refractivity contribution in [2.45, 2.75) is 31.7 Å². The summed E-state index contributed by atoms with van der Waals surface area (Å²) in [5, 5.41) is 3.31. The molecule has 1 aromatic heterocycles. The number of hydrogen-bond donors (Lipinski definition) is 1. The number of thiophene rings is 1. The molecule has 0 fully saturated rings. The molecule has 0 atom stereocenters. The molecular weight excluding hydrogens is 290 g/mol. The van der Waals surface area contributed by atoms with Crippen molar-refractivity contribution in [3.63, 3.8) is 0 Å². The van der Waals surface area contributed by atoms with E-state index < -0.39 is 9.84 Å². The summed E-state index contributed by atoms with van der Waals surface area (Å²) in [6.45, 7) is 4.57. The van der Waals surface area contributed by atoms with Gasteiger partial charge in [0.15, 0.2) is 9.84 Å². The minimum atomic E-state index is -3.11. The summed E-state index contributed by atoms with van der Waals surface area (Å²) in [6.07, 6.45) is 1.06. The highest BCUT2D eigenvalue weighted by Gasteiger charge is 2.10. The Hall–Kier alpha value is -1.33. The Kier molecular flexibility index (Phi) is 4.83. The van der Waals surface area contributed by atoms with Crippen LogP contribution in [0.15, 0.2) is 41.3 Å². The topological polar surface area (TPSA) is 46.2 Å². The number of aryl methyl sites for hydroxylation is 1. The lowest BCUT2D eigenvalue weighted by molar-refractivity contribution is 0.597. The van der Waals surface area contributed by atoms with Gasteiger partial charge in [0, 0.05) is 22.0 Å². The van der Waals surface area contributed by atoms with E-state index in [0.29, 0.717) is 4.90 Å². The molecule has 0 spiro atoms. The molecule has 2 rings (SSSR count).